The molecular formula is C24H31FO6. The Morgan fingerprint density at radius 1 is 1.29 bits per heavy atom. The average Bonchev–Trinajstić information content (AvgIpc) is 2.89. The molecule has 170 valence electrons. The molecule has 3 saturated carbocycles. The number of ether oxygens (including phenoxy) is 1. The quantitative estimate of drug-likeness (QED) is 0.662. The molecule has 0 aliphatic heterocycles. The van der Waals surface area contributed by atoms with Crippen LogP contribution in [0.3, 0.4) is 0 Å². The van der Waals surface area contributed by atoms with Gasteiger partial charge in [0.15, 0.2) is 18.1 Å². The first-order valence-electron chi connectivity index (χ1n) is 11.0. The Balaban J connectivity index is 1.76. The first kappa shape index (κ1) is 22.3. The van der Waals surface area contributed by atoms with Gasteiger partial charge in [-0.2, -0.15) is 0 Å². The lowest BCUT2D eigenvalue weighted by atomic mass is 9.44. The summed E-state index contributed by atoms with van der Waals surface area (Å²) in [6, 6.07) is 0. The Morgan fingerprint density at radius 3 is 2.61 bits per heavy atom. The van der Waals surface area contributed by atoms with Gasteiger partial charge in [0.25, 0.3) is 0 Å². The zero-order valence-electron chi connectivity index (χ0n) is 18.5. The minimum Gasteiger partial charge on any atom is -0.458 e. The predicted octanol–water partition coefficient (Wildman–Crippen LogP) is 2.47. The minimum absolute atomic E-state index is 0.0953. The summed E-state index contributed by atoms with van der Waals surface area (Å²) in [5.41, 5.74) is -5.33. The summed E-state index contributed by atoms with van der Waals surface area (Å²) >= 11 is 0. The monoisotopic (exact) mass is 434 g/mol. The van der Waals surface area contributed by atoms with Gasteiger partial charge < -0.3 is 14.9 Å². The van der Waals surface area contributed by atoms with Gasteiger partial charge >= 0.3 is 5.97 Å². The van der Waals surface area contributed by atoms with Crippen LogP contribution >= 0.6 is 0 Å². The van der Waals surface area contributed by atoms with E-state index in [1.807, 2.05) is 0 Å². The number of rotatable bonds is 3. The fourth-order valence-electron chi connectivity index (χ4n) is 7.42. The second-order valence-corrected chi connectivity index (χ2v) is 10.4. The van der Waals surface area contributed by atoms with Gasteiger partial charge in [0.1, 0.15) is 5.60 Å². The number of Topliss-reactive ketones (excluding diaryl/α,β-unsaturated/α-hetero) is 1. The maximum atomic E-state index is 17.0. The number of fused-ring (bicyclic) bond motifs is 5. The fourth-order valence-corrected chi connectivity index (χ4v) is 7.42. The van der Waals surface area contributed by atoms with Crippen LogP contribution in [0.1, 0.15) is 53.4 Å². The molecule has 2 N–H and O–H groups in total. The van der Waals surface area contributed by atoms with Gasteiger partial charge in [-0.1, -0.05) is 25.5 Å². The molecule has 3 fully saturated rings. The topological polar surface area (TPSA) is 101 Å². The summed E-state index contributed by atoms with van der Waals surface area (Å²) in [5.74, 6) is -2.80. The lowest BCUT2D eigenvalue weighted by molar-refractivity contribution is -0.219. The van der Waals surface area contributed by atoms with Gasteiger partial charge in [-0.15, -0.1) is 0 Å². The molecule has 0 bridgehead atoms. The van der Waals surface area contributed by atoms with Crippen molar-refractivity contribution < 1.29 is 33.7 Å². The van der Waals surface area contributed by atoms with E-state index in [1.165, 1.54) is 19.1 Å². The number of ketones is 2. The summed E-state index contributed by atoms with van der Waals surface area (Å²) in [6.07, 6.45) is 4.29. The summed E-state index contributed by atoms with van der Waals surface area (Å²) in [5, 5.41) is 22.9. The van der Waals surface area contributed by atoms with E-state index in [9.17, 15) is 24.6 Å². The van der Waals surface area contributed by atoms with Gasteiger partial charge in [-0.3, -0.25) is 14.4 Å². The molecule has 0 aromatic rings. The van der Waals surface area contributed by atoms with Crippen molar-refractivity contribution in [1.82, 2.24) is 0 Å². The van der Waals surface area contributed by atoms with Gasteiger partial charge in [0, 0.05) is 23.7 Å². The van der Waals surface area contributed by atoms with Crippen LogP contribution in [0.4, 0.5) is 4.39 Å². The van der Waals surface area contributed by atoms with E-state index in [1.54, 1.807) is 26.8 Å². The van der Waals surface area contributed by atoms with E-state index in [-0.39, 0.29) is 18.1 Å². The standard InChI is InChI=1S/C24H31FO6/c1-13-9-18-17-6-5-15-10-16(27)7-8-21(15,3)23(17,25)19(28)11-22(18,4)24(13,30)20(29)12-31-14(2)26/h7-8,10,13,17-19,28,30H,5-6,9,11-12H2,1-4H3/t13-,17+,18+,19-,21-,22-,23-,24-/m0/s1. The van der Waals surface area contributed by atoms with E-state index in [4.69, 9.17) is 4.74 Å². The van der Waals surface area contributed by atoms with Crippen molar-refractivity contribution >= 4 is 17.5 Å². The molecule has 4 rings (SSSR count). The Kier molecular flexibility index (Phi) is 4.91. The van der Waals surface area contributed by atoms with Gasteiger partial charge in [0.05, 0.1) is 6.10 Å². The van der Waals surface area contributed by atoms with Crippen molar-refractivity contribution in [2.24, 2.45) is 28.6 Å². The lowest BCUT2D eigenvalue weighted by Crippen LogP contribution is -2.69. The molecule has 0 amide bonds. The SMILES string of the molecule is CC(=O)OCC(=O)[C@@]1(O)[C@@H](C)C[C@@H]2[C@H]3CCC4=CC(=O)C=C[C@]4(C)[C@@]3(F)[C@@H](O)C[C@@]21C. The molecule has 0 saturated heterocycles. The molecular weight excluding hydrogens is 403 g/mol. The van der Waals surface area contributed by atoms with Crippen molar-refractivity contribution in [3.8, 4) is 0 Å². The number of carbonyl (C=O) groups excluding carboxylic acids is 3. The van der Waals surface area contributed by atoms with Crippen molar-refractivity contribution in [3.05, 3.63) is 23.8 Å². The molecule has 7 heteroatoms. The number of esters is 1. The highest BCUT2D eigenvalue weighted by molar-refractivity contribution is 6.01. The number of carbonyl (C=O) groups is 3. The smallest absolute Gasteiger partial charge is 0.303 e. The van der Waals surface area contributed by atoms with E-state index >= 15 is 4.39 Å². The fraction of sp³-hybridized carbons (Fsp3) is 0.708. The molecule has 31 heavy (non-hydrogen) atoms. The number of alkyl halides is 1. The lowest BCUT2D eigenvalue weighted by Gasteiger charge is -2.62. The maximum absolute atomic E-state index is 17.0. The highest BCUT2D eigenvalue weighted by Gasteiger charge is 2.75. The number of halogens is 1. The molecule has 6 nitrogen and oxygen atoms in total. The Bertz CT molecular complexity index is 910. The Morgan fingerprint density at radius 2 is 1.97 bits per heavy atom. The van der Waals surface area contributed by atoms with Crippen molar-refractivity contribution in [2.75, 3.05) is 6.61 Å². The third kappa shape index (κ3) is 2.65. The molecule has 0 heterocycles. The average molecular weight is 435 g/mol. The highest BCUT2D eigenvalue weighted by atomic mass is 19.1. The summed E-state index contributed by atoms with van der Waals surface area (Å²) in [7, 11) is 0. The third-order valence-electron chi connectivity index (χ3n) is 9.05. The van der Waals surface area contributed by atoms with E-state index in [2.05, 4.69) is 0 Å². The molecule has 4 aliphatic carbocycles. The van der Waals surface area contributed by atoms with Crippen molar-refractivity contribution in [1.29, 1.82) is 0 Å². The van der Waals surface area contributed by atoms with Crippen LogP contribution in [0.5, 0.6) is 0 Å². The Hall–Kier alpha value is -1.86. The van der Waals surface area contributed by atoms with Gasteiger partial charge in [0.2, 0.25) is 5.78 Å². The predicted molar refractivity (Wildman–Crippen MR) is 109 cm³/mol. The highest BCUT2D eigenvalue weighted by Crippen LogP contribution is 2.70. The summed E-state index contributed by atoms with van der Waals surface area (Å²) < 4.78 is 21.9. The van der Waals surface area contributed by atoms with Crippen LogP contribution in [0, 0.1) is 28.6 Å². The number of allylic oxidation sites excluding steroid dienone is 4. The largest absolute Gasteiger partial charge is 0.458 e. The van der Waals surface area contributed by atoms with Crippen LogP contribution in [0.25, 0.3) is 0 Å². The van der Waals surface area contributed by atoms with E-state index < -0.39 is 58.4 Å². The van der Waals surface area contributed by atoms with Gasteiger partial charge in [-0.25, -0.2) is 4.39 Å². The molecule has 0 radical (unpaired) electrons. The second kappa shape index (κ2) is 6.82. The molecule has 0 spiro atoms. The minimum atomic E-state index is -2.01. The first-order chi connectivity index (χ1) is 14.3. The number of aliphatic hydroxyl groups is 2. The zero-order valence-corrected chi connectivity index (χ0v) is 18.5. The molecule has 0 aromatic heterocycles. The number of aliphatic hydroxyl groups excluding tert-OH is 1. The van der Waals surface area contributed by atoms with Crippen LogP contribution < -0.4 is 0 Å². The molecule has 0 aromatic carbocycles. The zero-order chi connectivity index (χ0) is 23.0. The van der Waals surface area contributed by atoms with Crippen LogP contribution in [-0.4, -0.2) is 51.7 Å². The summed E-state index contributed by atoms with van der Waals surface area (Å²) in [4.78, 5) is 36.2. The Labute approximate surface area is 181 Å². The molecule has 0 unspecified atom stereocenters. The second-order valence-electron chi connectivity index (χ2n) is 10.4. The van der Waals surface area contributed by atoms with Crippen molar-refractivity contribution in [2.45, 2.75) is 70.8 Å². The van der Waals surface area contributed by atoms with Crippen LogP contribution in [0.2, 0.25) is 0 Å². The molecule has 4 aliphatic rings. The van der Waals surface area contributed by atoms with Crippen LogP contribution in [-0.2, 0) is 19.1 Å². The normalized spacial score (nSPS) is 48.4. The van der Waals surface area contributed by atoms with Crippen molar-refractivity contribution in [3.63, 3.8) is 0 Å². The third-order valence-corrected chi connectivity index (χ3v) is 9.05. The molecule has 8 atom stereocenters. The maximum Gasteiger partial charge on any atom is 0.303 e. The van der Waals surface area contributed by atoms with Gasteiger partial charge in [-0.05, 0) is 56.6 Å². The van der Waals surface area contributed by atoms with Crippen LogP contribution in [0.15, 0.2) is 23.8 Å². The van der Waals surface area contributed by atoms with E-state index in [0.29, 0.717) is 24.8 Å². The van der Waals surface area contributed by atoms with E-state index in [0.717, 1.165) is 0 Å². The first-order valence-corrected chi connectivity index (χ1v) is 11.0. The summed E-state index contributed by atoms with van der Waals surface area (Å²) in [6.45, 7) is 5.89. The number of hydrogen-bond acceptors (Lipinski definition) is 6. The number of hydrogen-bond donors (Lipinski definition) is 2.